The number of nitrogens with two attached hydrogens (primary N) is 1. The smallest absolute Gasteiger partial charge is 0.232 e. The first kappa shape index (κ1) is 15.1. The summed E-state index contributed by atoms with van der Waals surface area (Å²) in [5.41, 5.74) is 9.45. The zero-order valence-corrected chi connectivity index (χ0v) is 13.4. The van der Waals surface area contributed by atoms with E-state index in [1.54, 1.807) is 11.3 Å². The molecule has 0 fully saturated rings. The van der Waals surface area contributed by atoms with E-state index in [1.165, 1.54) is 0 Å². The van der Waals surface area contributed by atoms with Crippen LogP contribution in [0.2, 0.25) is 0 Å². The summed E-state index contributed by atoms with van der Waals surface area (Å²) >= 11 is 1.58. The van der Waals surface area contributed by atoms with Crippen LogP contribution in [0.3, 0.4) is 0 Å². The van der Waals surface area contributed by atoms with Crippen molar-refractivity contribution in [2.45, 2.75) is 6.92 Å². The van der Waals surface area contributed by atoms with Crippen molar-refractivity contribution >= 4 is 17.0 Å². The number of hydrogen-bond acceptors (Lipinski definition) is 5. The Bertz CT molecular complexity index is 849. The average molecular weight is 321 g/mol. The maximum Gasteiger partial charge on any atom is 0.232 e. The first-order valence-corrected chi connectivity index (χ1v) is 8.08. The highest BCUT2D eigenvalue weighted by Gasteiger charge is 2.16. The van der Waals surface area contributed by atoms with Gasteiger partial charge >= 0.3 is 0 Å². The van der Waals surface area contributed by atoms with Crippen LogP contribution in [0.25, 0.3) is 21.7 Å². The normalized spacial score (nSPS) is 10.3. The molecule has 3 rings (SSSR count). The van der Waals surface area contributed by atoms with Gasteiger partial charge in [0, 0.05) is 21.7 Å². The second-order valence-electron chi connectivity index (χ2n) is 4.88. The molecule has 0 aliphatic heterocycles. The van der Waals surface area contributed by atoms with Crippen molar-refractivity contribution in [1.29, 1.82) is 5.26 Å². The van der Waals surface area contributed by atoms with Crippen molar-refractivity contribution in [3.05, 3.63) is 53.4 Å². The summed E-state index contributed by atoms with van der Waals surface area (Å²) in [6.07, 6.45) is 0. The van der Waals surface area contributed by atoms with Crippen LogP contribution in [0, 0.1) is 11.3 Å². The molecule has 0 aliphatic carbocycles. The Labute approximate surface area is 138 Å². The molecule has 0 bridgehead atoms. The Kier molecular flexibility index (Phi) is 4.26. The Hall–Kier alpha value is -2.84. The zero-order valence-electron chi connectivity index (χ0n) is 12.6. The van der Waals surface area contributed by atoms with Crippen molar-refractivity contribution in [3.8, 4) is 33.6 Å². The number of anilines is 1. The molecule has 0 saturated heterocycles. The minimum Gasteiger partial charge on any atom is -0.477 e. The molecule has 0 amide bonds. The maximum atomic E-state index is 9.54. The molecule has 4 nitrogen and oxygen atoms in total. The van der Waals surface area contributed by atoms with Gasteiger partial charge in [0.05, 0.1) is 12.3 Å². The SMILES string of the molecule is CCOc1nc(-c2ccc(N)cc2)cc(-c2cccs2)c1C#N. The fourth-order valence-corrected chi connectivity index (χ4v) is 3.05. The van der Waals surface area contributed by atoms with Crippen LogP contribution in [0.15, 0.2) is 47.8 Å². The third-order valence-electron chi connectivity index (χ3n) is 3.37. The molecule has 0 aliphatic rings. The molecular weight excluding hydrogens is 306 g/mol. The van der Waals surface area contributed by atoms with E-state index in [9.17, 15) is 5.26 Å². The van der Waals surface area contributed by atoms with E-state index in [0.29, 0.717) is 23.7 Å². The zero-order chi connectivity index (χ0) is 16.2. The van der Waals surface area contributed by atoms with Gasteiger partial charge in [-0.05, 0) is 36.6 Å². The molecule has 0 atom stereocenters. The second kappa shape index (κ2) is 6.51. The van der Waals surface area contributed by atoms with E-state index in [1.807, 2.05) is 54.8 Å². The van der Waals surface area contributed by atoms with Gasteiger partial charge in [-0.25, -0.2) is 4.98 Å². The molecule has 0 radical (unpaired) electrons. The largest absolute Gasteiger partial charge is 0.477 e. The van der Waals surface area contributed by atoms with Crippen LogP contribution in [0.5, 0.6) is 5.88 Å². The molecule has 1 aromatic carbocycles. The molecule has 2 aromatic heterocycles. The molecule has 0 spiro atoms. The fraction of sp³-hybridized carbons (Fsp3) is 0.111. The number of benzene rings is 1. The molecule has 114 valence electrons. The van der Waals surface area contributed by atoms with Crippen LogP contribution >= 0.6 is 11.3 Å². The number of thiophene rings is 1. The molecule has 2 N–H and O–H groups in total. The molecule has 0 unspecified atom stereocenters. The summed E-state index contributed by atoms with van der Waals surface area (Å²) in [6.45, 7) is 2.33. The van der Waals surface area contributed by atoms with Gasteiger partial charge in [-0.1, -0.05) is 18.2 Å². The lowest BCUT2D eigenvalue weighted by atomic mass is 10.0. The van der Waals surface area contributed by atoms with Crippen molar-refractivity contribution in [3.63, 3.8) is 0 Å². The van der Waals surface area contributed by atoms with Gasteiger partial charge in [-0.3, -0.25) is 0 Å². The van der Waals surface area contributed by atoms with Crippen LogP contribution < -0.4 is 10.5 Å². The number of ether oxygens (including phenoxy) is 1. The number of aromatic nitrogens is 1. The lowest BCUT2D eigenvalue weighted by Gasteiger charge is -2.11. The number of pyridine rings is 1. The fourth-order valence-electron chi connectivity index (χ4n) is 2.30. The summed E-state index contributed by atoms with van der Waals surface area (Å²) < 4.78 is 5.60. The monoisotopic (exact) mass is 321 g/mol. The van der Waals surface area contributed by atoms with Crippen LogP contribution in [0.1, 0.15) is 12.5 Å². The molecule has 2 heterocycles. The van der Waals surface area contributed by atoms with Crippen molar-refractivity contribution in [2.24, 2.45) is 0 Å². The van der Waals surface area contributed by atoms with Gasteiger partial charge in [0.2, 0.25) is 5.88 Å². The predicted octanol–water partition coefficient (Wildman–Crippen LogP) is 4.33. The quantitative estimate of drug-likeness (QED) is 0.726. The van der Waals surface area contributed by atoms with E-state index in [-0.39, 0.29) is 0 Å². The van der Waals surface area contributed by atoms with Gasteiger partial charge in [0.25, 0.3) is 0 Å². The summed E-state index contributed by atoms with van der Waals surface area (Å²) in [6, 6.07) is 15.6. The molecule has 3 aromatic rings. The van der Waals surface area contributed by atoms with Crippen molar-refractivity contribution in [1.82, 2.24) is 4.98 Å². The number of rotatable bonds is 4. The first-order chi connectivity index (χ1) is 11.2. The highest BCUT2D eigenvalue weighted by atomic mass is 32.1. The van der Waals surface area contributed by atoms with Gasteiger partial charge < -0.3 is 10.5 Å². The lowest BCUT2D eigenvalue weighted by molar-refractivity contribution is 0.326. The van der Waals surface area contributed by atoms with Crippen molar-refractivity contribution < 1.29 is 4.74 Å². The maximum absolute atomic E-state index is 9.54. The topological polar surface area (TPSA) is 71.9 Å². The summed E-state index contributed by atoms with van der Waals surface area (Å²) in [7, 11) is 0. The third kappa shape index (κ3) is 3.03. The highest BCUT2D eigenvalue weighted by Crippen LogP contribution is 2.35. The van der Waals surface area contributed by atoms with Gasteiger partial charge in [0.15, 0.2) is 0 Å². The minimum atomic E-state index is 0.368. The Morgan fingerprint density at radius 3 is 2.65 bits per heavy atom. The Morgan fingerprint density at radius 1 is 1.26 bits per heavy atom. The highest BCUT2D eigenvalue weighted by molar-refractivity contribution is 7.13. The van der Waals surface area contributed by atoms with Crippen molar-refractivity contribution in [2.75, 3.05) is 12.3 Å². The van der Waals surface area contributed by atoms with Gasteiger partial charge in [-0.15, -0.1) is 11.3 Å². The third-order valence-corrected chi connectivity index (χ3v) is 4.28. The van der Waals surface area contributed by atoms with E-state index in [2.05, 4.69) is 11.1 Å². The minimum absolute atomic E-state index is 0.368. The standard InChI is InChI=1S/C18H15N3OS/c1-2-22-18-15(11-19)14(17-4-3-9-23-17)10-16(21-18)12-5-7-13(20)8-6-12/h3-10H,2,20H2,1H3. The summed E-state index contributed by atoms with van der Waals surface area (Å²) in [5, 5.41) is 11.5. The second-order valence-corrected chi connectivity index (χ2v) is 5.83. The van der Waals surface area contributed by atoms with Crippen LogP contribution in [0.4, 0.5) is 5.69 Å². The molecular formula is C18H15N3OS. The average Bonchev–Trinajstić information content (AvgIpc) is 3.09. The molecule has 23 heavy (non-hydrogen) atoms. The van der Waals surface area contributed by atoms with E-state index in [4.69, 9.17) is 10.5 Å². The summed E-state index contributed by atoms with van der Waals surface area (Å²) in [4.78, 5) is 5.54. The lowest BCUT2D eigenvalue weighted by Crippen LogP contribution is -2.00. The number of nitrogens with zero attached hydrogens (tertiary/aromatic N) is 2. The van der Waals surface area contributed by atoms with E-state index >= 15 is 0 Å². The van der Waals surface area contributed by atoms with Gasteiger partial charge in [0.1, 0.15) is 11.6 Å². The number of hydrogen-bond donors (Lipinski definition) is 1. The van der Waals surface area contributed by atoms with Crippen LogP contribution in [-0.2, 0) is 0 Å². The molecule has 5 heteroatoms. The first-order valence-electron chi connectivity index (χ1n) is 7.20. The Balaban J connectivity index is 2.22. The van der Waals surface area contributed by atoms with Crippen LogP contribution in [-0.4, -0.2) is 11.6 Å². The van der Waals surface area contributed by atoms with E-state index in [0.717, 1.165) is 21.7 Å². The number of nitriles is 1. The van der Waals surface area contributed by atoms with Gasteiger partial charge in [-0.2, -0.15) is 5.26 Å². The predicted molar refractivity (Wildman–Crippen MR) is 93.3 cm³/mol. The number of nitrogen functional groups attached to an aromatic ring is 1. The van der Waals surface area contributed by atoms with E-state index < -0.39 is 0 Å². The summed E-state index contributed by atoms with van der Waals surface area (Å²) in [5.74, 6) is 0.368. The Morgan fingerprint density at radius 2 is 2.04 bits per heavy atom. The molecule has 0 saturated carbocycles.